The summed E-state index contributed by atoms with van der Waals surface area (Å²) in [4.78, 5) is 0. The lowest BCUT2D eigenvalue weighted by Gasteiger charge is -2.76. The van der Waals surface area contributed by atoms with Crippen molar-refractivity contribution in [1.29, 1.82) is 0 Å². The minimum absolute atomic E-state index is 1.80. The molecule has 120 valence electrons. The summed E-state index contributed by atoms with van der Waals surface area (Å²) in [5, 5.41) is 0. The van der Waals surface area contributed by atoms with E-state index in [9.17, 15) is 35.1 Å². The average molecular weight is 312 g/mol. The van der Waals surface area contributed by atoms with Gasteiger partial charge in [0, 0.05) is 21.7 Å². The number of alkyl halides is 8. The first-order chi connectivity index (χ1) is 9.49. The molecule has 0 atom stereocenters. The summed E-state index contributed by atoms with van der Waals surface area (Å²) in [7, 11) is 0. The van der Waals surface area contributed by atoms with E-state index in [1.165, 1.54) is 0 Å². The molecule has 1 fully saturated rings. The number of hydrogen-bond acceptors (Lipinski definition) is 0. The minimum Gasteiger partial charge on any atom is -0.250 e. The predicted octanol–water partition coefficient (Wildman–Crippen LogP) is 3.70. The van der Waals surface area contributed by atoms with Crippen LogP contribution in [0.4, 0.5) is 35.1 Å². The number of hydrogen-bond donors (Lipinski definition) is 0. The Kier molecular flexibility index (Phi) is 4.96. The van der Waals surface area contributed by atoms with Crippen LogP contribution in [0.25, 0.3) is 0 Å². The summed E-state index contributed by atoms with van der Waals surface area (Å²) in [6.07, 6.45) is 0. The molecule has 0 heterocycles. The molecule has 0 saturated heterocycles. The van der Waals surface area contributed by atoms with Crippen LogP contribution in [0.3, 0.4) is 0 Å². The lowest BCUT2D eigenvalue weighted by molar-refractivity contribution is -0.378. The van der Waals surface area contributed by atoms with Gasteiger partial charge in [-0.2, -0.15) is 0 Å². The zero-order valence-corrected chi connectivity index (χ0v) is 10.7. The van der Waals surface area contributed by atoms with E-state index in [2.05, 4.69) is 0 Å². The molecule has 0 spiro atoms. The van der Waals surface area contributed by atoms with Gasteiger partial charge < -0.3 is 0 Å². The van der Waals surface area contributed by atoms with Crippen LogP contribution < -0.4 is 0 Å². The summed E-state index contributed by atoms with van der Waals surface area (Å²) in [5.74, 6) is 0. The molecule has 0 bridgehead atoms. The van der Waals surface area contributed by atoms with Crippen molar-refractivity contribution in [3.05, 3.63) is 0 Å². The second kappa shape index (κ2) is 5.67. The molecular formula is C12H16F8. The Labute approximate surface area is 111 Å². The van der Waals surface area contributed by atoms with Crippen LogP contribution >= 0.6 is 0 Å². The van der Waals surface area contributed by atoms with Gasteiger partial charge in [0.15, 0.2) is 0 Å². The fourth-order valence-corrected chi connectivity index (χ4v) is 3.96. The SMILES string of the molecule is FCC1(CF)C(CF)(CF)C(CF)(CF)C1(CF)CF. The highest BCUT2D eigenvalue weighted by molar-refractivity contribution is 5.31. The van der Waals surface area contributed by atoms with Crippen molar-refractivity contribution in [2.24, 2.45) is 21.7 Å². The van der Waals surface area contributed by atoms with Gasteiger partial charge in [-0.15, -0.1) is 0 Å². The minimum atomic E-state index is -2.74. The summed E-state index contributed by atoms with van der Waals surface area (Å²) < 4.78 is 106. The van der Waals surface area contributed by atoms with E-state index in [0.717, 1.165) is 0 Å². The largest absolute Gasteiger partial charge is 0.250 e. The molecule has 20 heavy (non-hydrogen) atoms. The fourth-order valence-electron chi connectivity index (χ4n) is 3.96. The van der Waals surface area contributed by atoms with Crippen LogP contribution in [0, 0.1) is 21.7 Å². The van der Waals surface area contributed by atoms with Crippen LogP contribution in [-0.2, 0) is 0 Å². The molecule has 0 unspecified atom stereocenters. The van der Waals surface area contributed by atoms with Crippen LogP contribution in [0.5, 0.6) is 0 Å². The zero-order valence-electron chi connectivity index (χ0n) is 10.7. The first-order valence-corrected chi connectivity index (χ1v) is 5.97. The Morgan fingerprint density at radius 2 is 0.400 bits per heavy atom. The Bertz CT molecular complexity index is 235. The molecule has 1 aliphatic carbocycles. The zero-order chi connectivity index (χ0) is 15.7. The van der Waals surface area contributed by atoms with Crippen molar-refractivity contribution in [2.75, 3.05) is 53.4 Å². The van der Waals surface area contributed by atoms with Gasteiger partial charge in [0.05, 0.1) is 53.4 Å². The summed E-state index contributed by atoms with van der Waals surface area (Å²) in [6.45, 7) is -14.4. The van der Waals surface area contributed by atoms with Gasteiger partial charge >= 0.3 is 0 Å². The molecule has 0 N–H and O–H groups in total. The summed E-state index contributed by atoms with van der Waals surface area (Å²) >= 11 is 0. The molecule has 0 radical (unpaired) electrons. The molecule has 1 saturated carbocycles. The maximum Gasteiger partial charge on any atom is 0.0990 e. The first-order valence-electron chi connectivity index (χ1n) is 5.97. The normalized spacial score (nSPS) is 25.2. The Morgan fingerprint density at radius 1 is 0.300 bits per heavy atom. The monoisotopic (exact) mass is 312 g/mol. The number of rotatable bonds is 8. The fraction of sp³-hybridized carbons (Fsp3) is 1.00. The second-order valence-corrected chi connectivity index (χ2v) is 5.40. The number of halogens is 8. The Balaban J connectivity index is 3.64. The van der Waals surface area contributed by atoms with E-state index in [1.807, 2.05) is 0 Å². The quantitative estimate of drug-likeness (QED) is 0.600. The Hall–Kier alpha value is -0.560. The van der Waals surface area contributed by atoms with Gasteiger partial charge in [-0.3, -0.25) is 35.1 Å². The van der Waals surface area contributed by atoms with Gasteiger partial charge in [-0.1, -0.05) is 0 Å². The highest BCUT2D eigenvalue weighted by Crippen LogP contribution is 2.79. The van der Waals surface area contributed by atoms with E-state index in [4.69, 9.17) is 0 Å². The van der Waals surface area contributed by atoms with Crippen molar-refractivity contribution in [2.45, 2.75) is 0 Å². The molecule has 0 aromatic heterocycles. The summed E-state index contributed by atoms with van der Waals surface area (Å²) in [6, 6.07) is 0. The maximum absolute atomic E-state index is 13.3. The predicted molar refractivity (Wildman–Crippen MR) is 57.5 cm³/mol. The van der Waals surface area contributed by atoms with E-state index in [-0.39, 0.29) is 0 Å². The van der Waals surface area contributed by atoms with Crippen LogP contribution in [0.2, 0.25) is 0 Å². The first kappa shape index (κ1) is 17.5. The third-order valence-electron chi connectivity index (χ3n) is 5.49. The lowest BCUT2D eigenvalue weighted by Crippen LogP contribution is -2.85. The smallest absolute Gasteiger partial charge is 0.0990 e. The molecule has 1 aliphatic rings. The maximum atomic E-state index is 13.3. The summed E-state index contributed by atoms with van der Waals surface area (Å²) in [5.41, 5.74) is -11.0. The van der Waals surface area contributed by atoms with Crippen LogP contribution in [-0.4, -0.2) is 53.4 Å². The van der Waals surface area contributed by atoms with Crippen LogP contribution in [0.15, 0.2) is 0 Å². The molecular weight excluding hydrogens is 296 g/mol. The van der Waals surface area contributed by atoms with E-state index < -0.39 is 75.1 Å². The van der Waals surface area contributed by atoms with Crippen molar-refractivity contribution < 1.29 is 35.1 Å². The van der Waals surface area contributed by atoms with Gasteiger partial charge in [0.25, 0.3) is 0 Å². The van der Waals surface area contributed by atoms with E-state index >= 15 is 0 Å². The Morgan fingerprint density at radius 3 is 0.450 bits per heavy atom. The topological polar surface area (TPSA) is 0 Å². The molecule has 0 aromatic carbocycles. The van der Waals surface area contributed by atoms with Gasteiger partial charge in [-0.05, 0) is 0 Å². The highest BCUT2D eigenvalue weighted by atomic mass is 19.2. The lowest BCUT2D eigenvalue weighted by atomic mass is 9.26. The van der Waals surface area contributed by atoms with Crippen molar-refractivity contribution >= 4 is 0 Å². The van der Waals surface area contributed by atoms with Crippen LogP contribution in [0.1, 0.15) is 0 Å². The molecule has 0 aromatic rings. The van der Waals surface area contributed by atoms with Crippen molar-refractivity contribution in [3.8, 4) is 0 Å². The van der Waals surface area contributed by atoms with E-state index in [0.29, 0.717) is 0 Å². The molecule has 8 heteroatoms. The van der Waals surface area contributed by atoms with Gasteiger partial charge in [-0.25, -0.2) is 0 Å². The molecule has 0 aliphatic heterocycles. The standard InChI is InChI=1S/C12H16F8/c13-1-9(2-14)10(3-15,4-16)12(7-19,8-20)11(9,5-17)6-18/h1-8H2. The van der Waals surface area contributed by atoms with Crippen molar-refractivity contribution in [3.63, 3.8) is 0 Å². The molecule has 0 amide bonds. The van der Waals surface area contributed by atoms with Gasteiger partial charge in [0.2, 0.25) is 0 Å². The molecule has 1 rings (SSSR count). The second-order valence-electron chi connectivity index (χ2n) is 5.40. The third-order valence-corrected chi connectivity index (χ3v) is 5.49. The van der Waals surface area contributed by atoms with Gasteiger partial charge in [0.1, 0.15) is 0 Å². The van der Waals surface area contributed by atoms with Crippen molar-refractivity contribution in [1.82, 2.24) is 0 Å². The third kappa shape index (κ3) is 1.33. The molecule has 0 nitrogen and oxygen atoms in total. The van der Waals surface area contributed by atoms with E-state index in [1.54, 1.807) is 0 Å². The highest BCUT2D eigenvalue weighted by Gasteiger charge is 2.88. The average Bonchev–Trinajstić information content (AvgIpc) is 2.50.